The number of hydroxylamine groups is 2. The second kappa shape index (κ2) is 17.9. The van der Waals surface area contributed by atoms with Gasteiger partial charge in [0.2, 0.25) is 17.7 Å². The summed E-state index contributed by atoms with van der Waals surface area (Å²) in [5.41, 5.74) is 1.21. The van der Waals surface area contributed by atoms with Crippen LogP contribution >= 0.6 is 0 Å². The Balaban J connectivity index is 1.80. The van der Waals surface area contributed by atoms with E-state index in [1.807, 2.05) is 13.8 Å². The van der Waals surface area contributed by atoms with Crippen LogP contribution in [0.3, 0.4) is 0 Å². The Labute approximate surface area is 240 Å². The lowest BCUT2D eigenvalue weighted by atomic mass is 10.1. The van der Waals surface area contributed by atoms with Crippen molar-refractivity contribution in [2.24, 2.45) is 0 Å². The van der Waals surface area contributed by atoms with Gasteiger partial charge in [0.15, 0.2) is 0 Å². The number of hydrogen-bond acceptors (Lipinski definition) is 9. The van der Waals surface area contributed by atoms with Gasteiger partial charge in [-0.05, 0) is 57.2 Å². The summed E-state index contributed by atoms with van der Waals surface area (Å²) in [6.07, 6.45) is 4.12. The van der Waals surface area contributed by atoms with E-state index in [0.717, 1.165) is 4.90 Å². The molecule has 1 aliphatic heterocycles. The Hall–Kier alpha value is -3.65. The van der Waals surface area contributed by atoms with Crippen molar-refractivity contribution in [3.8, 4) is 0 Å². The van der Waals surface area contributed by atoms with Crippen LogP contribution in [0.5, 0.6) is 0 Å². The zero-order valence-electron chi connectivity index (χ0n) is 23.9. The van der Waals surface area contributed by atoms with Gasteiger partial charge in [-0.25, -0.2) is 0 Å². The summed E-state index contributed by atoms with van der Waals surface area (Å²) in [7, 11) is 1.67. The van der Waals surface area contributed by atoms with Crippen molar-refractivity contribution in [2.75, 3.05) is 38.8 Å². The highest BCUT2D eigenvalue weighted by Gasteiger charge is 2.24. The average molecular weight is 576 g/mol. The van der Waals surface area contributed by atoms with E-state index >= 15 is 0 Å². The number of nitrogens with zero attached hydrogens (tertiary/aromatic N) is 2. The largest absolute Gasteiger partial charge is 0.392 e. The highest BCUT2D eigenvalue weighted by atomic mass is 16.7. The summed E-state index contributed by atoms with van der Waals surface area (Å²) < 4.78 is 5.38. The molecular formula is C28H41N5O8. The maximum Gasteiger partial charge on any atom is 0.253 e. The molecule has 0 unspecified atom stereocenters. The maximum atomic E-state index is 13.0. The fraction of sp³-hybridized carbons (Fsp3) is 0.536. The van der Waals surface area contributed by atoms with Crippen LogP contribution in [0.25, 0.3) is 0 Å². The number of benzene rings is 1. The average Bonchev–Trinajstić information content (AvgIpc) is 3.26. The molecule has 4 N–H and O–H groups in total. The van der Waals surface area contributed by atoms with Crippen LogP contribution in [0, 0.1) is 0 Å². The molecule has 1 atom stereocenters. The number of unbranched alkanes of at least 4 members (excludes halogenated alkanes) is 1. The van der Waals surface area contributed by atoms with Crippen molar-refractivity contribution in [1.82, 2.24) is 20.6 Å². The molecule has 0 saturated carbocycles. The van der Waals surface area contributed by atoms with Crippen LogP contribution in [0.2, 0.25) is 0 Å². The van der Waals surface area contributed by atoms with Crippen molar-refractivity contribution < 1.29 is 38.7 Å². The highest BCUT2D eigenvalue weighted by Crippen LogP contribution is 2.12. The minimum atomic E-state index is -0.842. The number of amides is 5. The second-order valence-electron chi connectivity index (χ2n) is 9.82. The van der Waals surface area contributed by atoms with Gasteiger partial charge < -0.3 is 25.8 Å². The number of anilines is 1. The van der Waals surface area contributed by atoms with Crippen molar-refractivity contribution in [2.45, 2.75) is 64.7 Å². The summed E-state index contributed by atoms with van der Waals surface area (Å²) in [6.45, 7) is 4.23. The summed E-state index contributed by atoms with van der Waals surface area (Å²) in [6, 6.07) is 5.83. The van der Waals surface area contributed by atoms with Crippen molar-refractivity contribution in [3.63, 3.8) is 0 Å². The minimum absolute atomic E-state index is 0.0265. The van der Waals surface area contributed by atoms with Gasteiger partial charge in [-0.15, -0.1) is 0 Å². The van der Waals surface area contributed by atoms with Crippen molar-refractivity contribution in [1.29, 1.82) is 0 Å². The first kappa shape index (κ1) is 33.6. The zero-order chi connectivity index (χ0) is 30.2. The number of rotatable bonds is 19. The summed E-state index contributed by atoms with van der Waals surface area (Å²) in [5.74, 6) is -1.91. The van der Waals surface area contributed by atoms with Crippen LogP contribution in [0.1, 0.15) is 51.5 Å². The highest BCUT2D eigenvalue weighted by molar-refractivity contribution is 6.12. The molecule has 1 aromatic carbocycles. The van der Waals surface area contributed by atoms with Crippen LogP contribution in [-0.2, 0) is 40.2 Å². The SMILES string of the molecule is CC(C)OCN(C)OCC(=O)NCCCC[C@H](NC(=O)CCCN1C(=O)C=CC1=O)C(=O)Nc1ccc(CO)cc1. The second-order valence-corrected chi connectivity index (χ2v) is 9.82. The molecule has 0 spiro atoms. The number of ether oxygens (including phenoxy) is 1. The third-order valence-electron chi connectivity index (χ3n) is 5.99. The Morgan fingerprint density at radius 2 is 1.68 bits per heavy atom. The quantitative estimate of drug-likeness (QED) is 0.0809. The van der Waals surface area contributed by atoms with Crippen LogP contribution in [-0.4, -0.2) is 90.2 Å². The molecule has 0 fully saturated rings. The molecule has 13 heteroatoms. The number of aliphatic hydroxyl groups excluding tert-OH is 1. The van der Waals surface area contributed by atoms with Gasteiger partial charge in [-0.1, -0.05) is 12.1 Å². The molecule has 0 aromatic heterocycles. The number of carbonyl (C=O) groups excluding carboxylic acids is 5. The van der Waals surface area contributed by atoms with Crippen molar-refractivity contribution >= 4 is 35.2 Å². The number of nitrogens with one attached hydrogen (secondary N) is 3. The third kappa shape index (κ3) is 13.0. The van der Waals surface area contributed by atoms with Gasteiger partial charge in [-0.3, -0.25) is 33.7 Å². The van der Waals surface area contributed by atoms with Crippen LogP contribution in [0.15, 0.2) is 36.4 Å². The fourth-order valence-electron chi connectivity index (χ4n) is 3.72. The fourth-order valence-corrected chi connectivity index (χ4v) is 3.72. The molecule has 0 bridgehead atoms. The molecule has 2 rings (SSSR count). The van der Waals surface area contributed by atoms with E-state index in [2.05, 4.69) is 16.0 Å². The Kier molecular flexibility index (Phi) is 14.7. The Morgan fingerprint density at radius 3 is 2.32 bits per heavy atom. The molecule has 5 amide bonds. The van der Waals surface area contributed by atoms with Gasteiger partial charge >= 0.3 is 0 Å². The van der Waals surface area contributed by atoms with E-state index in [-0.39, 0.29) is 57.2 Å². The van der Waals surface area contributed by atoms with Crippen LogP contribution in [0.4, 0.5) is 5.69 Å². The molecule has 0 radical (unpaired) electrons. The van der Waals surface area contributed by atoms with Gasteiger partial charge in [0.05, 0.1) is 12.7 Å². The standard InChI is InChI=1S/C28H41N5O8/c1-20(2)40-19-32(3)41-18-25(36)29-15-5-4-7-23(28(39)30-22-11-9-21(17-34)10-12-22)31-24(35)8-6-16-33-26(37)13-14-27(33)38/h9-14,20,23,34H,4-8,15-19H2,1-3H3,(H,29,36)(H,30,39)(H,31,35)/t23-/m0/s1. The van der Waals surface area contributed by atoms with E-state index in [1.54, 1.807) is 31.3 Å². The molecule has 1 heterocycles. The molecule has 0 aliphatic carbocycles. The monoisotopic (exact) mass is 575 g/mol. The maximum absolute atomic E-state index is 13.0. The number of carbonyl (C=O) groups is 5. The lowest BCUT2D eigenvalue weighted by Crippen LogP contribution is -2.44. The molecule has 1 aliphatic rings. The normalized spacial score (nSPS) is 13.7. The Morgan fingerprint density at radius 1 is 1.00 bits per heavy atom. The molecule has 0 saturated heterocycles. The molecule has 1 aromatic rings. The van der Waals surface area contributed by atoms with Gasteiger partial charge in [-0.2, -0.15) is 5.06 Å². The molecule has 41 heavy (non-hydrogen) atoms. The topological polar surface area (TPSA) is 167 Å². The van der Waals surface area contributed by atoms with E-state index in [9.17, 15) is 29.1 Å². The minimum Gasteiger partial charge on any atom is -0.392 e. The van der Waals surface area contributed by atoms with Crippen molar-refractivity contribution in [3.05, 3.63) is 42.0 Å². The Bertz CT molecular complexity index is 1040. The van der Waals surface area contributed by atoms with Gasteiger partial charge in [0.25, 0.3) is 11.8 Å². The molecule has 226 valence electrons. The number of aliphatic hydroxyl groups is 1. The van der Waals surface area contributed by atoms with E-state index < -0.39 is 23.8 Å². The third-order valence-corrected chi connectivity index (χ3v) is 5.99. The van der Waals surface area contributed by atoms with Gasteiger partial charge in [0.1, 0.15) is 19.4 Å². The first-order valence-corrected chi connectivity index (χ1v) is 13.6. The number of imide groups is 1. The first-order valence-electron chi connectivity index (χ1n) is 13.6. The smallest absolute Gasteiger partial charge is 0.253 e. The lowest BCUT2D eigenvalue weighted by molar-refractivity contribution is -0.200. The number of hydrogen-bond donors (Lipinski definition) is 4. The summed E-state index contributed by atoms with van der Waals surface area (Å²) in [5, 5.41) is 18.9. The van der Waals surface area contributed by atoms with Gasteiger partial charge in [0, 0.05) is 44.4 Å². The van der Waals surface area contributed by atoms with Crippen LogP contribution < -0.4 is 16.0 Å². The van der Waals surface area contributed by atoms with E-state index in [1.165, 1.54) is 17.2 Å². The predicted molar refractivity (Wildman–Crippen MR) is 150 cm³/mol. The predicted octanol–water partition coefficient (Wildman–Crippen LogP) is 0.840. The summed E-state index contributed by atoms with van der Waals surface area (Å²) >= 11 is 0. The summed E-state index contributed by atoms with van der Waals surface area (Å²) in [4.78, 5) is 67.4. The zero-order valence-corrected chi connectivity index (χ0v) is 23.9. The molecular weight excluding hydrogens is 534 g/mol. The molecule has 13 nitrogen and oxygen atoms in total. The van der Waals surface area contributed by atoms with E-state index in [0.29, 0.717) is 37.1 Å². The van der Waals surface area contributed by atoms with E-state index in [4.69, 9.17) is 9.57 Å². The lowest BCUT2D eigenvalue weighted by Gasteiger charge is -2.19. The first-order chi connectivity index (χ1) is 19.6.